The first-order valence-electron chi connectivity index (χ1n) is 19.7. The molecule has 6 atom stereocenters. The summed E-state index contributed by atoms with van der Waals surface area (Å²) in [6.45, 7) is 10.5. The molecule has 1 amide bonds. The summed E-state index contributed by atoms with van der Waals surface area (Å²) in [4.78, 5) is 33.1. The van der Waals surface area contributed by atoms with E-state index in [9.17, 15) is 19.4 Å². The SMILES string of the molecule is CC1CCCc2cc(O)cc(-c3ncc4c(N5C[C@H]6CC[C@@H](C5)N6CC(O)CNC(=O)OC(C)(C)C)nc(OC[C@@]56CCCN5C[C@H](F)C6)nc4c3F)c21. The van der Waals surface area contributed by atoms with Gasteiger partial charge in [-0.25, -0.2) is 13.6 Å². The lowest BCUT2D eigenvalue weighted by Crippen LogP contribution is -2.56. The third-order valence-corrected chi connectivity index (χ3v) is 12.2. The van der Waals surface area contributed by atoms with Gasteiger partial charge in [-0.15, -0.1) is 0 Å². The van der Waals surface area contributed by atoms with Crippen molar-refractivity contribution in [3.63, 3.8) is 0 Å². The third-order valence-electron chi connectivity index (χ3n) is 12.2. The zero-order valence-electron chi connectivity index (χ0n) is 31.8. The van der Waals surface area contributed by atoms with Crippen molar-refractivity contribution in [2.24, 2.45) is 0 Å². The Kier molecular flexibility index (Phi) is 9.83. The summed E-state index contributed by atoms with van der Waals surface area (Å²) in [5.41, 5.74) is 1.76. The molecule has 8 rings (SSSR count). The van der Waals surface area contributed by atoms with Gasteiger partial charge in [0.2, 0.25) is 0 Å². The van der Waals surface area contributed by atoms with Crippen LogP contribution in [-0.4, -0.2) is 122 Å². The summed E-state index contributed by atoms with van der Waals surface area (Å²) in [6.07, 6.45) is 6.16. The second-order valence-electron chi connectivity index (χ2n) is 17.3. The highest BCUT2D eigenvalue weighted by Crippen LogP contribution is 2.44. The van der Waals surface area contributed by atoms with E-state index in [0.29, 0.717) is 49.4 Å². The number of aryl methyl sites for hydroxylation is 1. The van der Waals surface area contributed by atoms with Crippen molar-refractivity contribution in [2.75, 3.05) is 50.8 Å². The van der Waals surface area contributed by atoms with E-state index in [4.69, 9.17) is 19.4 Å². The second-order valence-corrected chi connectivity index (χ2v) is 17.3. The Balaban J connectivity index is 1.10. The van der Waals surface area contributed by atoms with E-state index in [-0.39, 0.29) is 54.1 Å². The van der Waals surface area contributed by atoms with Gasteiger partial charge in [-0.1, -0.05) is 6.92 Å². The molecule has 6 heterocycles. The fourth-order valence-electron chi connectivity index (χ4n) is 9.87. The van der Waals surface area contributed by atoms with Crippen LogP contribution in [0.15, 0.2) is 18.3 Å². The Morgan fingerprint density at radius 1 is 1.13 bits per heavy atom. The van der Waals surface area contributed by atoms with Crippen LogP contribution in [0.1, 0.15) is 89.7 Å². The second kappa shape index (κ2) is 14.3. The molecule has 54 heavy (non-hydrogen) atoms. The Bertz CT molecular complexity index is 1900. The summed E-state index contributed by atoms with van der Waals surface area (Å²) < 4.78 is 43.4. The Hall–Kier alpha value is -3.88. The van der Waals surface area contributed by atoms with Crippen LogP contribution >= 0.6 is 0 Å². The van der Waals surface area contributed by atoms with Gasteiger partial charge in [-0.3, -0.25) is 14.8 Å². The number of nitrogens with one attached hydrogen (secondary N) is 1. The molecule has 0 saturated carbocycles. The van der Waals surface area contributed by atoms with E-state index in [1.807, 2.05) is 0 Å². The van der Waals surface area contributed by atoms with E-state index >= 15 is 4.39 Å². The molecule has 2 aromatic heterocycles. The zero-order chi connectivity index (χ0) is 37.9. The van der Waals surface area contributed by atoms with Gasteiger partial charge >= 0.3 is 12.1 Å². The molecule has 3 aromatic rings. The fourth-order valence-corrected chi connectivity index (χ4v) is 9.87. The number of phenols is 1. The number of alkyl carbamates (subject to hydrolysis) is 1. The van der Waals surface area contributed by atoms with Crippen LogP contribution < -0.4 is 15.0 Å². The maximum atomic E-state index is 17.1. The number of fused-ring (bicyclic) bond motifs is 5. The molecule has 1 aliphatic carbocycles. The normalized spacial score (nSPS) is 27.6. The van der Waals surface area contributed by atoms with Gasteiger partial charge in [0, 0.05) is 63.0 Å². The third kappa shape index (κ3) is 7.16. The molecule has 1 aromatic carbocycles. The van der Waals surface area contributed by atoms with E-state index in [1.54, 1.807) is 39.1 Å². The molecule has 4 aliphatic heterocycles. The van der Waals surface area contributed by atoms with Gasteiger partial charge in [0.1, 0.15) is 41.2 Å². The van der Waals surface area contributed by atoms with Gasteiger partial charge in [0.05, 0.1) is 17.0 Å². The van der Waals surface area contributed by atoms with Crippen molar-refractivity contribution in [1.82, 2.24) is 30.1 Å². The predicted octanol–water partition coefficient (Wildman–Crippen LogP) is 5.47. The minimum atomic E-state index is -0.915. The number of aromatic nitrogens is 3. The summed E-state index contributed by atoms with van der Waals surface area (Å²) >= 11 is 0. The number of nitrogens with zero attached hydrogens (tertiary/aromatic N) is 6. The number of hydrogen-bond acceptors (Lipinski definition) is 11. The number of aliphatic hydroxyl groups excluding tert-OH is 1. The number of ether oxygens (including phenoxy) is 2. The number of aromatic hydroxyl groups is 1. The zero-order valence-corrected chi connectivity index (χ0v) is 31.8. The average molecular weight is 750 g/mol. The monoisotopic (exact) mass is 749 g/mol. The van der Waals surface area contributed by atoms with Crippen molar-refractivity contribution in [1.29, 1.82) is 0 Å². The number of rotatable bonds is 9. The van der Waals surface area contributed by atoms with Gasteiger partial charge in [-0.05, 0) is 101 Å². The molecule has 2 bridgehead atoms. The maximum Gasteiger partial charge on any atom is 0.407 e. The number of amides is 1. The number of carbonyl (C=O) groups is 1. The van der Waals surface area contributed by atoms with Gasteiger partial charge in [0.15, 0.2) is 5.82 Å². The van der Waals surface area contributed by atoms with Crippen LogP contribution in [0.3, 0.4) is 0 Å². The molecular formula is C40H53F2N7O5. The summed E-state index contributed by atoms with van der Waals surface area (Å²) in [6, 6.07) is 3.62. The molecule has 12 nitrogen and oxygen atoms in total. The van der Waals surface area contributed by atoms with Crippen LogP contribution in [-0.2, 0) is 11.2 Å². The smallest absolute Gasteiger partial charge is 0.407 e. The van der Waals surface area contributed by atoms with E-state index in [0.717, 1.165) is 62.6 Å². The molecular weight excluding hydrogens is 696 g/mol. The number of carbonyl (C=O) groups excluding carboxylic acids is 1. The van der Waals surface area contributed by atoms with E-state index in [1.165, 1.54) is 0 Å². The topological polar surface area (TPSA) is 136 Å². The number of anilines is 1. The fraction of sp³-hybridized carbons (Fsp3) is 0.650. The van der Waals surface area contributed by atoms with Crippen molar-refractivity contribution >= 4 is 22.8 Å². The largest absolute Gasteiger partial charge is 0.508 e. The summed E-state index contributed by atoms with van der Waals surface area (Å²) in [7, 11) is 0. The number of piperazine rings is 1. The Morgan fingerprint density at radius 2 is 1.91 bits per heavy atom. The predicted molar refractivity (Wildman–Crippen MR) is 200 cm³/mol. The molecule has 292 valence electrons. The molecule has 0 radical (unpaired) electrons. The van der Waals surface area contributed by atoms with Crippen molar-refractivity contribution in [3.8, 4) is 23.0 Å². The van der Waals surface area contributed by atoms with E-state index < -0.39 is 35.3 Å². The van der Waals surface area contributed by atoms with Crippen LogP contribution in [0.2, 0.25) is 0 Å². The lowest BCUT2D eigenvalue weighted by atomic mass is 9.80. The summed E-state index contributed by atoms with van der Waals surface area (Å²) in [5, 5.41) is 24.7. The highest BCUT2D eigenvalue weighted by Gasteiger charge is 2.49. The van der Waals surface area contributed by atoms with Crippen LogP contribution in [0.5, 0.6) is 11.8 Å². The molecule has 4 fully saturated rings. The number of pyridine rings is 1. The number of hydrogen-bond donors (Lipinski definition) is 3. The average Bonchev–Trinajstić information content (AvgIpc) is 3.70. The lowest BCUT2D eigenvalue weighted by Gasteiger charge is -2.42. The molecule has 2 unspecified atom stereocenters. The highest BCUT2D eigenvalue weighted by molar-refractivity contribution is 5.92. The number of alkyl halides is 1. The number of halogens is 2. The van der Waals surface area contributed by atoms with Gasteiger partial charge in [-0.2, -0.15) is 9.97 Å². The maximum absolute atomic E-state index is 17.1. The molecule has 3 N–H and O–H groups in total. The van der Waals surface area contributed by atoms with Gasteiger partial charge < -0.3 is 29.9 Å². The van der Waals surface area contributed by atoms with Crippen molar-refractivity contribution < 1.29 is 33.3 Å². The van der Waals surface area contributed by atoms with E-state index in [2.05, 4.69) is 31.9 Å². The van der Waals surface area contributed by atoms with Crippen LogP contribution in [0.4, 0.5) is 19.4 Å². The summed E-state index contributed by atoms with van der Waals surface area (Å²) in [5.74, 6) is 0.185. The first kappa shape index (κ1) is 37.1. The lowest BCUT2D eigenvalue weighted by molar-refractivity contribution is 0.0433. The Morgan fingerprint density at radius 3 is 2.67 bits per heavy atom. The number of benzene rings is 1. The number of aliphatic hydroxyl groups is 1. The first-order valence-corrected chi connectivity index (χ1v) is 19.7. The minimum absolute atomic E-state index is 0.0433. The molecule has 14 heteroatoms. The van der Waals surface area contributed by atoms with Gasteiger partial charge in [0.25, 0.3) is 0 Å². The van der Waals surface area contributed by atoms with Crippen molar-refractivity contribution in [3.05, 3.63) is 35.3 Å². The first-order chi connectivity index (χ1) is 25.8. The molecule has 5 aliphatic rings. The molecule has 4 saturated heterocycles. The van der Waals surface area contributed by atoms with Crippen molar-refractivity contribution in [2.45, 2.75) is 120 Å². The quantitative estimate of drug-likeness (QED) is 0.257. The van der Waals surface area contributed by atoms with Crippen LogP contribution in [0, 0.1) is 5.82 Å². The van der Waals surface area contributed by atoms with Crippen LogP contribution in [0.25, 0.3) is 22.2 Å². The Labute approximate surface area is 315 Å². The number of phenolic OH excluding ortho intramolecular Hbond substituents is 1. The molecule has 0 spiro atoms. The standard InChI is InChI=1S/C40H53F2N7O5/c1-23-7-5-8-24-13-28(50)14-30(32(23)24)34-33(42)35-31(17-43-34)36(46-37(45-35)53-22-40-11-6-12-48(40)18-25(41)15-40)47-19-26-9-10-27(20-47)49(26)21-29(51)16-44-38(52)54-39(2,3)4/h13-14,17,23,25-27,29,50-51H,5-12,15-16,18-22H2,1-4H3,(H,44,52)/t23?,25-,26-,27+,29?,40+/m1/s1. The minimum Gasteiger partial charge on any atom is -0.508 e. The highest BCUT2D eigenvalue weighted by atomic mass is 19.1.